The summed E-state index contributed by atoms with van der Waals surface area (Å²) < 4.78 is 0. The predicted molar refractivity (Wildman–Crippen MR) is 54.0 cm³/mol. The van der Waals surface area contributed by atoms with Gasteiger partial charge in [-0.1, -0.05) is 45.4 Å². The van der Waals surface area contributed by atoms with E-state index in [1.165, 1.54) is 44.9 Å². The Morgan fingerprint density at radius 1 is 1.08 bits per heavy atom. The van der Waals surface area contributed by atoms with E-state index in [0.717, 1.165) is 18.4 Å². The van der Waals surface area contributed by atoms with Gasteiger partial charge in [0.15, 0.2) is 0 Å². The van der Waals surface area contributed by atoms with Gasteiger partial charge in [-0.05, 0) is 24.8 Å². The van der Waals surface area contributed by atoms with Crippen LogP contribution in [0.1, 0.15) is 51.9 Å². The molecule has 0 spiro atoms. The minimum atomic E-state index is 0.840. The summed E-state index contributed by atoms with van der Waals surface area (Å²) in [7, 11) is 0. The minimum absolute atomic E-state index is 0.840. The van der Waals surface area contributed by atoms with Gasteiger partial charge in [0.1, 0.15) is 0 Å². The second-order valence-corrected chi connectivity index (χ2v) is 4.18. The lowest BCUT2D eigenvalue weighted by atomic mass is 9.85. The molecule has 72 valence electrons. The summed E-state index contributed by atoms with van der Waals surface area (Å²) >= 11 is 0. The highest BCUT2D eigenvalue weighted by Gasteiger charge is 2.21. The molecule has 1 rings (SSSR count). The van der Waals surface area contributed by atoms with Crippen LogP contribution in [0.4, 0.5) is 0 Å². The van der Waals surface area contributed by atoms with Gasteiger partial charge in [0.25, 0.3) is 0 Å². The van der Waals surface area contributed by atoms with E-state index in [9.17, 15) is 0 Å². The molecule has 0 heterocycles. The third-order valence-corrected chi connectivity index (χ3v) is 3.28. The van der Waals surface area contributed by atoms with Gasteiger partial charge in [0, 0.05) is 0 Å². The molecule has 0 radical (unpaired) electrons. The van der Waals surface area contributed by atoms with E-state index in [2.05, 4.69) is 6.92 Å². The Bertz CT molecular complexity index is 112. The van der Waals surface area contributed by atoms with Crippen molar-refractivity contribution in [1.82, 2.24) is 0 Å². The molecule has 12 heavy (non-hydrogen) atoms. The summed E-state index contributed by atoms with van der Waals surface area (Å²) in [6, 6.07) is 0. The summed E-state index contributed by atoms with van der Waals surface area (Å²) in [6.45, 7) is 3.21. The number of hydrogen-bond donors (Lipinski definition) is 1. The van der Waals surface area contributed by atoms with Gasteiger partial charge in [-0.25, -0.2) is 0 Å². The Morgan fingerprint density at radius 2 is 1.75 bits per heavy atom. The van der Waals surface area contributed by atoms with E-state index >= 15 is 0 Å². The molecule has 0 amide bonds. The van der Waals surface area contributed by atoms with E-state index in [1.54, 1.807) is 0 Å². The molecule has 0 aliphatic heterocycles. The van der Waals surface area contributed by atoms with Crippen LogP contribution in [-0.2, 0) is 0 Å². The monoisotopic (exact) mass is 169 g/mol. The highest BCUT2D eigenvalue weighted by atomic mass is 14.6. The largest absolute Gasteiger partial charge is 0.330 e. The number of rotatable bonds is 3. The van der Waals surface area contributed by atoms with E-state index in [0.29, 0.717) is 0 Å². The maximum atomic E-state index is 5.79. The van der Waals surface area contributed by atoms with Crippen LogP contribution in [0.2, 0.25) is 0 Å². The van der Waals surface area contributed by atoms with Crippen molar-refractivity contribution in [3.05, 3.63) is 0 Å². The van der Waals surface area contributed by atoms with Crippen LogP contribution in [0.5, 0.6) is 0 Å². The number of nitrogens with two attached hydrogens (primary N) is 1. The van der Waals surface area contributed by atoms with Gasteiger partial charge in [-0.2, -0.15) is 0 Å². The fraction of sp³-hybridized carbons (Fsp3) is 1.00. The molecule has 1 aliphatic carbocycles. The standard InChI is InChI=1S/C11H23N/c1-2-6-10-7-4-3-5-8-11(10)9-12/h10-11H,2-9,12H2,1H3. The second-order valence-electron chi connectivity index (χ2n) is 4.18. The zero-order chi connectivity index (χ0) is 8.81. The van der Waals surface area contributed by atoms with Gasteiger partial charge in [-0.3, -0.25) is 0 Å². The molecule has 0 aromatic carbocycles. The first-order valence-corrected chi connectivity index (χ1v) is 5.58. The molecule has 1 aliphatic rings. The zero-order valence-corrected chi connectivity index (χ0v) is 8.39. The van der Waals surface area contributed by atoms with Crippen molar-refractivity contribution in [3.63, 3.8) is 0 Å². The average molecular weight is 169 g/mol. The maximum absolute atomic E-state index is 5.79. The van der Waals surface area contributed by atoms with Gasteiger partial charge >= 0.3 is 0 Å². The van der Waals surface area contributed by atoms with Crippen LogP contribution in [0.25, 0.3) is 0 Å². The van der Waals surface area contributed by atoms with Crippen molar-refractivity contribution in [2.24, 2.45) is 17.6 Å². The molecular weight excluding hydrogens is 146 g/mol. The van der Waals surface area contributed by atoms with Crippen LogP contribution in [0.3, 0.4) is 0 Å². The Hall–Kier alpha value is -0.0400. The third kappa shape index (κ3) is 2.78. The van der Waals surface area contributed by atoms with Crippen molar-refractivity contribution in [2.45, 2.75) is 51.9 Å². The first-order chi connectivity index (χ1) is 5.88. The van der Waals surface area contributed by atoms with Crippen molar-refractivity contribution in [3.8, 4) is 0 Å². The maximum Gasteiger partial charge on any atom is -0.00462 e. The molecule has 2 N–H and O–H groups in total. The topological polar surface area (TPSA) is 26.0 Å². The van der Waals surface area contributed by atoms with Crippen molar-refractivity contribution >= 4 is 0 Å². The van der Waals surface area contributed by atoms with Crippen LogP contribution in [0, 0.1) is 11.8 Å². The van der Waals surface area contributed by atoms with Crippen molar-refractivity contribution in [2.75, 3.05) is 6.54 Å². The summed E-state index contributed by atoms with van der Waals surface area (Å²) in [4.78, 5) is 0. The number of hydrogen-bond acceptors (Lipinski definition) is 1. The molecule has 1 heteroatoms. The summed E-state index contributed by atoms with van der Waals surface area (Å²) in [5, 5.41) is 0. The van der Waals surface area contributed by atoms with E-state index in [1.807, 2.05) is 0 Å². The fourth-order valence-corrected chi connectivity index (χ4v) is 2.52. The first-order valence-electron chi connectivity index (χ1n) is 5.58. The third-order valence-electron chi connectivity index (χ3n) is 3.28. The van der Waals surface area contributed by atoms with Crippen LogP contribution in [-0.4, -0.2) is 6.54 Å². The lowest BCUT2D eigenvalue weighted by Crippen LogP contribution is -2.22. The van der Waals surface area contributed by atoms with Crippen molar-refractivity contribution in [1.29, 1.82) is 0 Å². The Morgan fingerprint density at radius 3 is 2.33 bits per heavy atom. The Balaban J connectivity index is 2.39. The predicted octanol–water partition coefficient (Wildman–Crippen LogP) is 2.94. The summed E-state index contributed by atoms with van der Waals surface area (Å²) in [5.41, 5.74) is 5.79. The molecule has 1 fully saturated rings. The summed E-state index contributed by atoms with van der Waals surface area (Å²) in [6.07, 6.45) is 9.87. The molecule has 0 saturated heterocycles. The fourth-order valence-electron chi connectivity index (χ4n) is 2.52. The summed E-state index contributed by atoms with van der Waals surface area (Å²) in [5.74, 6) is 1.79. The highest BCUT2D eigenvalue weighted by Crippen LogP contribution is 2.31. The van der Waals surface area contributed by atoms with Gasteiger partial charge in [0.05, 0.1) is 0 Å². The second kappa shape index (κ2) is 5.58. The minimum Gasteiger partial charge on any atom is -0.330 e. The van der Waals surface area contributed by atoms with E-state index < -0.39 is 0 Å². The molecule has 0 aromatic rings. The Labute approximate surface area is 76.7 Å². The van der Waals surface area contributed by atoms with Gasteiger partial charge in [-0.15, -0.1) is 0 Å². The van der Waals surface area contributed by atoms with Gasteiger partial charge < -0.3 is 5.73 Å². The zero-order valence-electron chi connectivity index (χ0n) is 8.39. The lowest BCUT2D eigenvalue weighted by Gasteiger charge is -2.22. The molecule has 1 saturated carbocycles. The van der Waals surface area contributed by atoms with Crippen LogP contribution < -0.4 is 5.73 Å². The van der Waals surface area contributed by atoms with Crippen LogP contribution in [0.15, 0.2) is 0 Å². The van der Waals surface area contributed by atoms with Crippen molar-refractivity contribution < 1.29 is 0 Å². The first kappa shape index (κ1) is 10.0. The van der Waals surface area contributed by atoms with E-state index in [-0.39, 0.29) is 0 Å². The molecule has 0 bridgehead atoms. The molecule has 0 aromatic heterocycles. The molecular formula is C11H23N. The molecule has 2 atom stereocenters. The smallest absolute Gasteiger partial charge is 0.00462 e. The Kier molecular flexibility index (Phi) is 4.67. The quantitative estimate of drug-likeness (QED) is 0.646. The molecule has 1 nitrogen and oxygen atoms in total. The van der Waals surface area contributed by atoms with E-state index in [4.69, 9.17) is 5.73 Å². The normalized spacial score (nSPS) is 31.5. The van der Waals surface area contributed by atoms with Gasteiger partial charge in [0.2, 0.25) is 0 Å². The highest BCUT2D eigenvalue weighted by molar-refractivity contribution is 4.74. The lowest BCUT2D eigenvalue weighted by molar-refractivity contribution is 0.299. The average Bonchev–Trinajstić information content (AvgIpc) is 2.30. The SMILES string of the molecule is CCCC1CCCCCC1CN. The van der Waals surface area contributed by atoms with Crippen LogP contribution >= 0.6 is 0 Å². The molecule has 2 unspecified atom stereocenters.